The normalized spacial score (nSPS) is 13.2. The van der Waals surface area contributed by atoms with Gasteiger partial charge in [-0.25, -0.2) is 57.7 Å². The van der Waals surface area contributed by atoms with Crippen LogP contribution in [-0.4, -0.2) is 88.5 Å². The number of H-pyrrole nitrogens is 3. The lowest BCUT2D eigenvalue weighted by Gasteiger charge is -2.14. The zero-order chi connectivity index (χ0) is 53.9. The van der Waals surface area contributed by atoms with Crippen molar-refractivity contribution in [1.29, 1.82) is 0 Å². The Labute approximate surface area is 417 Å². The molecule has 0 saturated heterocycles. The third-order valence-electron chi connectivity index (χ3n) is 11.2. The summed E-state index contributed by atoms with van der Waals surface area (Å²) in [5.41, 5.74) is 5.57. The number of rotatable bonds is 15. The number of aliphatic carboxylic acids is 3. The van der Waals surface area contributed by atoms with E-state index in [0.29, 0.717) is 0 Å². The fraction of sp³-hybridized carbons (Fsp3) is 0.130. The van der Waals surface area contributed by atoms with E-state index < -0.39 is 204 Å². The molecule has 3 unspecified atom stereocenters. The summed E-state index contributed by atoms with van der Waals surface area (Å²) >= 11 is 0.0190. The molecule has 3 atom stereocenters. The third-order valence-corrected chi connectivity index (χ3v) is 14.7. The molecule has 3 aromatic carbocycles. The average Bonchev–Trinajstić information content (AvgIpc) is 4.22. The second-order valence-corrected chi connectivity index (χ2v) is 18.9. The zero-order valence-electron chi connectivity index (χ0n) is 36.5. The minimum absolute atomic E-state index is 0.0199. The molecule has 12 N–H and O–H groups in total. The molecule has 0 fully saturated rings. The van der Waals surface area contributed by atoms with Crippen LogP contribution in [0.4, 0.5) is 52.7 Å². The molecule has 8 bridgehead atoms. The molecule has 386 valence electrons. The van der Waals surface area contributed by atoms with Crippen LogP contribution in [0.2, 0.25) is 0 Å². The van der Waals surface area contributed by atoms with E-state index >= 15 is 52.7 Å². The second-order valence-electron chi connectivity index (χ2n) is 15.8. The van der Waals surface area contributed by atoms with Crippen molar-refractivity contribution >= 4 is 98.4 Å². The number of nitrogens with zero attached hydrogens (tertiary/aromatic N) is 1. The summed E-state index contributed by atoms with van der Waals surface area (Å²) in [6.45, 7) is 0. The Balaban J connectivity index is 1.51. The molecule has 28 heteroatoms. The number of thioether (sulfide) groups is 3. The summed E-state index contributed by atoms with van der Waals surface area (Å²) in [5.74, 6) is -32.3. The predicted octanol–water partition coefficient (Wildman–Crippen LogP) is 9.88. The minimum Gasteiger partial charge on any atom is -0.480 e. The number of nitrogens with two attached hydrogens (primary N) is 3. The van der Waals surface area contributed by atoms with E-state index in [1.165, 1.54) is 6.07 Å². The largest absolute Gasteiger partial charge is 0.480 e. The van der Waals surface area contributed by atoms with Crippen molar-refractivity contribution in [1.82, 2.24) is 19.9 Å². The molecule has 13 nitrogen and oxygen atoms in total. The molecule has 7 aromatic rings. The molecule has 0 saturated carbocycles. The molecular formula is C46H29F12N7O6S3. The Morgan fingerprint density at radius 3 is 0.932 bits per heavy atom. The zero-order valence-corrected chi connectivity index (χ0v) is 38.9. The smallest absolute Gasteiger partial charge is 0.321 e. The lowest BCUT2D eigenvalue weighted by Crippen LogP contribution is -2.32. The van der Waals surface area contributed by atoms with Crippen molar-refractivity contribution in [3.05, 3.63) is 118 Å². The van der Waals surface area contributed by atoms with Crippen molar-refractivity contribution in [2.24, 2.45) is 17.2 Å². The molecule has 8 rings (SSSR count). The Morgan fingerprint density at radius 1 is 0.392 bits per heavy atom. The first-order valence-corrected chi connectivity index (χ1v) is 23.7. The molecule has 0 amide bonds. The van der Waals surface area contributed by atoms with Gasteiger partial charge in [0.2, 0.25) is 0 Å². The average molecular weight is 1100 g/mol. The SMILES string of the molecule is NC(CSc1c(F)c(F)c(-c2c3nc(c4ccc([nH]4)c(-c4c(F)c(F)c(SCC(N)C(=O)O)c(F)c4F)c4ccc([nH]4)c(-c4c(F)c(F)c(SCC(N)C(=O)O)c(F)c4F)c4ccc2[nH]4)C=C3)c(F)c1F)C(=O)O. The van der Waals surface area contributed by atoms with Crippen LogP contribution in [0.3, 0.4) is 0 Å². The highest BCUT2D eigenvalue weighted by molar-refractivity contribution is 7.99. The highest BCUT2D eigenvalue weighted by Gasteiger charge is 2.34. The van der Waals surface area contributed by atoms with Gasteiger partial charge in [0, 0.05) is 61.5 Å². The number of hydrogen-bond acceptors (Lipinski definition) is 10. The summed E-state index contributed by atoms with van der Waals surface area (Å²) in [6, 6.07) is 0.683. The highest BCUT2D eigenvalue weighted by Crippen LogP contribution is 2.45. The molecule has 0 spiro atoms. The Hall–Kier alpha value is -7.11. The van der Waals surface area contributed by atoms with Crippen LogP contribution < -0.4 is 17.2 Å². The van der Waals surface area contributed by atoms with Gasteiger partial charge in [0.15, 0.2) is 69.8 Å². The maximum atomic E-state index is 16.6. The summed E-state index contributed by atoms with van der Waals surface area (Å²) in [7, 11) is 0. The quantitative estimate of drug-likeness (QED) is 0.0264. The van der Waals surface area contributed by atoms with E-state index in [1.807, 2.05) is 0 Å². The number of hydrogen-bond donors (Lipinski definition) is 9. The molecule has 74 heavy (non-hydrogen) atoms. The third kappa shape index (κ3) is 9.40. The molecule has 0 aliphatic carbocycles. The van der Waals surface area contributed by atoms with Crippen LogP contribution in [-0.2, 0) is 14.4 Å². The van der Waals surface area contributed by atoms with Gasteiger partial charge in [0.1, 0.15) is 18.1 Å². The first-order chi connectivity index (χ1) is 34.9. The van der Waals surface area contributed by atoms with Gasteiger partial charge >= 0.3 is 17.9 Å². The maximum Gasteiger partial charge on any atom is 0.321 e. The first kappa shape index (κ1) is 53.2. The number of benzene rings is 3. The van der Waals surface area contributed by atoms with Gasteiger partial charge in [-0.15, -0.1) is 35.3 Å². The highest BCUT2D eigenvalue weighted by atomic mass is 32.2. The van der Waals surface area contributed by atoms with Gasteiger partial charge in [-0.2, -0.15) is 0 Å². The molecule has 5 heterocycles. The summed E-state index contributed by atoms with van der Waals surface area (Å²) in [5, 5.41) is 27.5. The van der Waals surface area contributed by atoms with E-state index in [9.17, 15) is 19.5 Å². The number of aromatic amines is 3. The van der Waals surface area contributed by atoms with Crippen LogP contribution >= 0.6 is 35.3 Å². The fourth-order valence-electron chi connectivity index (χ4n) is 7.55. The molecule has 1 aliphatic rings. The molecular weight excluding hydrogens is 1070 g/mol. The van der Waals surface area contributed by atoms with Crippen molar-refractivity contribution < 1.29 is 82.4 Å². The van der Waals surface area contributed by atoms with Crippen LogP contribution in [0.25, 0.3) is 78.6 Å². The lowest BCUT2D eigenvalue weighted by atomic mass is 10.0. The van der Waals surface area contributed by atoms with Crippen LogP contribution in [0.5, 0.6) is 0 Å². The Bertz CT molecular complexity index is 3620. The Kier molecular flexibility index (Phi) is 14.8. The van der Waals surface area contributed by atoms with Gasteiger partial charge in [-0.1, -0.05) is 0 Å². The van der Waals surface area contributed by atoms with Crippen LogP contribution in [0.15, 0.2) is 51.1 Å². The van der Waals surface area contributed by atoms with Gasteiger partial charge in [-0.05, 0) is 48.6 Å². The van der Waals surface area contributed by atoms with E-state index in [4.69, 9.17) is 27.4 Å². The summed E-state index contributed by atoms with van der Waals surface area (Å²) in [6.07, 6.45) is 2.22. The number of aromatic nitrogens is 4. The first-order valence-electron chi connectivity index (χ1n) is 20.7. The topological polar surface area (TPSA) is 250 Å². The summed E-state index contributed by atoms with van der Waals surface area (Å²) < 4.78 is 195. The maximum absolute atomic E-state index is 16.6. The van der Waals surface area contributed by atoms with E-state index in [2.05, 4.69) is 19.9 Å². The van der Waals surface area contributed by atoms with Crippen LogP contribution in [0.1, 0.15) is 11.4 Å². The van der Waals surface area contributed by atoms with Gasteiger partial charge in [0.05, 0.1) is 48.3 Å². The summed E-state index contributed by atoms with van der Waals surface area (Å²) in [4.78, 5) is 42.1. The molecule has 4 aromatic heterocycles. The van der Waals surface area contributed by atoms with Crippen molar-refractivity contribution in [2.45, 2.75) is 32.8 Å². The number of carbonyl (C=O) groups is 3. The molecule has 0 radical (unpaired) electrons. The second kappa shape index (κ2) is 20.7. The van der Waals surface area contributed by atoms with Crippen molar-refractivity contribution in [3.63, 3.8) is 0 Å². The lowest BCUT2D eigenvalue weighted by molar-refractivity contribution is -0.138. The minimum atomic E-state index is -2.17. The number of halogens is 12. The van der Waals surface area contributed by atoms with E-state index in [0.717, 1.165) is 42.5 Å². The number of carboxylic acid groups (broad SMARTS) is 3. The Morgan fingerprint density at radius 2 is 0.635 bits per heavy atom. The standard InChI is InChI=1S/C46H29F12N7O6S3/c47-29-26(30(48)36(54)41(35(29)53)72-9-12(59)44(66)67)23-17-3-1-15(62-17)16-2-4-18(63-16)24(27-31(49)37(55)42(38(56)32(27)50)73-10-13(60)45(68)69)20-6-8-22(65-20)25(21-7-5-19(23)64-21)28-33(51)39(57)43(40(58)34(28)52)74-11-14(61)46(70)71/h1-8,12-14,62,64-65H,9-11,59-61H2,(H,66,67)(H,68,69)(H,70,71). The van der Waals surface area contributed by atoms with E-state index in [-0.39, 0.29) is 46.5 Å². The predicted molar refractivity (Wildman–Crippen MR) is 250 cm³/mol. The van der Waals surface area contributed by atoms with Gasteiger partial charge < -0.3 is 47.5 Å². The van der Waals surface area contributed by atoms with Crippen molar-refractivity contribution in [3.8, 4) is 33.4 Å². The molecule has 1 aliphatic heterocycles. The van der Waals surface area contributed by atoms with E-state index in [1.54, 1.807) is 0 Å². The van der Waals surface area contributed by atoms with Gasteiger partial charge in [-0.3, -0.25) is 14.4 Å². The van der Waals surface area contributed by atoms with Gasteiger partial charge in [0.25, 0.3) is 0 Å². The number of fused-ring (bicyclic) bond motifs is 9. The fourth-order valence-corrected chi connectivity index (χ4v) is 10.3. The van der Waals surface area contributed by atoms with Crippen LogP contribution in [0, 0.1) is 69.8 Å². The number of nitrogens with one attached hydrogen (secondary N) is 3. The monoisotopic (exact) mass is 1100 g/mol. The van der Waals surface area contributed by atoms with Crippen molar-refractivity contribution in [2.75, 3.05) is 17.3 Å². The number of carboxylic acids is 3.